The fraction of sp³-hybridized carbons (Fsp3) is 0.533. The Morgan fingerprint density at radius 2 is 2.05 bits per heavy atom. The third-order valence-electron chi connectivity index (χ3n) is 3.71. The molecule has 5 nitrogen and oxygen atoms in total. The molecule has 5 heteroatoms. The van der Waals surface area contributed by atoms with E-state index in [0.717, 1.165) is 31.4 Å². The minimum absolute atomic E-state index is 0.00781. The molecule has 2 rings (SSSR count). The average molecular weight is 276 g/mol. The third-order valence-corrected chi connectivity index (χ3v) is 3.71. The fourth-order valence-electron chi connectivity index (χ4n) is 2.55. The molecule has 0 atom stereocenters. The normalized spacial score (nSPS) is 15.1. The van der Waals surface area contributed by atoms with Gasteiger partial charge in [-0.25, -0.2) is 0 Å². The van der Waals surface area contributed by atoms with E-state index in [1.165, 1.54) is 7.11 Å². The highest BCUT2D eigenvalue weighted by Crippen LogP contribution is 2.24. The van der Waals surface area contributed by atoms with E-state index >= 15 is 0 Å². The van der Waals surface area contributed by atoms with E-state index in [0.29, 0.717) is 5.56 Å². The molecule has 0 spiro atoms. The number of amides is 1. The summed E-state index contributed by atoms with van der Waals surface area (Å²) in [5.41, 5.74) is 1.38. The van der Waals surface area contributed by atoms with Crippen LogP contribution in [0.4, 0.5) is 0 Å². The first-order valence-electron chi connectivity index (χ1n) is 6.92. The predicted molar refractivity (Wildman–Crippen MR) is 74.3 cm³/mol. The van der Waals surface area contributed by atoms with Crippen molar-refractivity contribution >= 4 is 11.9 Å². The van der Waals surface area contributed by atoms with Crippen LogP contribution in [0.2, 0.25) is 0 Å². The summed E-state index contributed by atoms with van der Waals surface area (Å²) in [6.45, 7) is 1.88. The molecule has 0 aromatic carbocycles. The van der Waals surface area contributed by atoms with Crippen LogP contribution >= 0.6 is 0 Å². The Kier molecular flexibility index (Phi) is 4.71. The zero-order chi connectivity index (χ0) is 14.5. The summed E-state index contributed by atoms with van der Waals surface area (Å²) < 4.78 is 4.70. The van der Waals surface area contributed by atoms with Crippen molar-refractivity contribution in [1.29, 1.82) is 0 Å². The van der Waals surface area contributed by atoms with Gasteiger partial charge in [0.25, 0.3) is 5.91 Å². The van der Waals surface area contributed by atoms with Crippen LogP contribution in [0.3, 0.4) is 0 Å². The molecule has 1 aromatic rings. The maximum Gasteiger partial charge on any atom is 0.325 e. The van der Waals surface area contributed by atoms with Crippen LogP contribution < -0.4 is 0 Å². The summed E-state index contributed by atoms with van der Waals surface area (Å²) in [4.78, 5) is 29.9. The molecule has 0 saturated heterocycles. The molecular weight excluding hydrogens is 256 g/mol. The first kappa shape index (κ1) is 14.5. The highest BCUT2D eigenvalue weighted by atomic mass is 16.5. The topological polar surface area (TPSA) is 59.5 Å². The number of pyridine rings is 1. The van der Waals surface area contributed by atoms with E-state index in [-0.39, 0.29) is 24.5 Å². The van der Waals surface area contributed by atoms with Crippen molar-refractivity contribution in [2.45, 2.75) is 38.6 Å². The number of carbonyl (C=O) groups excluding carboxylic acids is 2. The number of nitrogens with zero attached hydrogens (tertiary/aromatic N) is 2. The van der Waals surface area contributed by atoms with E-state index < -0.39 is 0 Å². The van der Waals surface area contributed by atoms with Gasteiger partial charge in [0.15, 0.2) is 0 Å². The molecule has 108 valence electrons. The standard InChI is InChI=1S/C15H20N2O3/c1-11-7-8-12(9-16-11)15(19)17(10-14(18)20-2)13-5-3-4-6-13/h7-9,13H,3-6,10H2,1-2H3. The molecule has 0 N–H and O–H groups in total. The highest BCUT2D eigenvalue weighted by molar-refractivity contribution is 5.96. The number of esters is 1. The van der Waals surface area contributed by atoms with Crippen LogP contribution in [0.5, 0.6) is 0 Å². The predicted octanol–water partition coefficient (Wildman–Crippen LogP) is 1.95. The maximum absolute atomic E-state index is 12.6. The van der Waals surface area contributed by atoms with Gasteiger partial charge in [-0.1, -0.05) is 12.8 Å². The number of methoxy groups -OCH3 is 1. The molecule has 1 fully saturated rings. The summed E-state index contributed by atoms with van der Waals surface area (Å²) in [7, 11) is 1.34. The molecule has 0 unspecified atom stereocenters. The molecule has 1 amide bonds. The summed E-state index contributed by atoms with van der Waals surface area (Å²) >= 11 is 0. The number of hydrogen-bond donors (Lipinski definition) is 0. The van der Waals surface area contributed by atoms with Crippen LogP contribution in [-0.2, 0) is 9.53 Å². The zero-order valence-electron chi connectivity index (χ0n) is 12.0. The summed E-state index contributed by atoms with van der Waals surface area (Å²) in [6, 6.07) is 3.69. The number of ether oxygens (including phenoxy) is 1. The van der Waals surface area contributed by atoms with E-state index in [1.54, 1.807) is 23.2 Å². The maximum atomic E-state index is 12.6. The highest BCUT2D eigenvalue weighted by Gasteiger charge is 2.29. The lowest BCUT2D eigenvalue weighted by molar-refractivity contribution is -0.141. The van der Waals surface area contributed by atoms with Gasteiger partial charge in [-0.2, -0.15) is 0 Å². The van der Waals surface area contributed by atoms with Crippen molar-refractivity contribution in [3.05, 3.63) is 29.6 Å². The molecule has 0 bridgehead atoms. The summed E-state index contributed by atoms with van der Waals surface area (Å²) in [5, 5.41) is 0. The van der Waals surface area contributed by atoms with Gasteiger partial charge >= 0.3 is 5.97 Å². The Balaban J connectivity index is 2.18. The molecule has 20 heavy (non-hydrogen) atoms. The van der Waals surface area contributed by atoms with Crippen LogP contribution in [0.1, 0.15) is 41.7 Å². The van der Waals surface area contributed by atoms with Crippen molar-refractivity contribution in [3.8, 4) is 0 Å². The van der Waals surface area contributed by atoms with Crippen molar-refractivity contribution < 1.29 is 14.3 Å². The second kappa shape index (κ2) is 6.50. The molecule has 0 radical (unpaired) electrons. The minimum Gasteiger partial charge on any atom is -0.468 e. The molecule has 1 aromatic heterocycles. The number of carbonyl (C=O) groups is 2. The van der Waals surface area contributed by atoms with Gasteiger partial charge in [0.2, 0.25) is 0 Å². The number of rotatable bonds is 4. The summed E-state index contributed by atoms with van der Waals surface area (Å²) in [5.74, 6) is -0.528. The fourth-order valence-corrected chi connectivity index (χ4v) is 2.55. The van der Waals surface area contributed by atoms with E-state index in [1.807, 2.05) is 6.92 Å². The van der Waals surface area contributed by atoms with Gasteiger partial charge in [-0.3, -0.25) is 14.6 Å². The molecular formula is C15H20N2O3. The van der Waals surface area contributed by atoms with Crippen molar-refractivity contribution in [3.63, 3.8) is 0 Å². The lowest BCUT2D eigenvalue weighted by Crippen LogP contribution is -2.42. The first-order chi connectivity index (χ1) is 9.61. The van der Waals surface area contributed by atoms with Crippen molar-refractivity contribution in [1.82, 2.24) is 9.88 Å². The second-order valence-corrected chi connectivity index (χ2v) is 5.14. The van der Waals surface area contributed by atoms with Gasteiger partial charge in [-0.15, -0.1) is 0 Å². The molecule has 1 heterocycles. The van der Waals surface area contributed by atoms with Crippen LogP contribution in [0.15, 0.2) is 18.3 Å². The second-order valence-electron chi connectivity index (χ2n) is 5.14. The lowest BCUT2D eigenvalue weighted by Gasteiger charge is -2.27. The molecule has 1 saturated carbocycles. The molecule has 0 aliphatic heterocycles. The van der Waals surface area contributed by atoms with Gasteiger partial charge in [0, 0.05) is 17.9 Å². The Morgan fingerprint density at radius 1 is 1.35 bits per heavy atom. The van der Waals surface area contributed by atoms with E-state index in [2.05, 4.69) is 4.98 Å². The number of aryl methyl sites for hydroxylation is 1. The first-order valence-corrected chi connectivity index (χ1v) is 6.92. The van der Waals surface area contributed by atoms with E-state index in [9.17, 15) is 9.59 Å². The van der Waals surface area contributed by atoms with Gasteiger partial charge in [-0.05, 0) is 31.9 Å². The largest absolute Gasteiger partial charge is 0.468 e. The SMILES string of the molecule is COC(=O)CN(C(=O)c1ccc(C)nc1)C1CCCC1. The van der Waals surface area contributed by atoms with Crippen molar-refractivity contribution in [2.24, 2.45) is 0 Å². The van der Waals surface area contributed by atoms with Crippen molar-refractivity contribution in [2.75, 3.05) is 13.7 Å². The van der Waals surface area contributed by atoms with E-state index in [4.69, 9.17) is 4.74 Å². The third kappa shape index (κ3) is 3.35. The van der Waals surface area contributed by atoms with Crippen LogP contribution in [0.25, 0.3) is 0 Å². The number of hydrogen-bond acceptors (Lipinski definition) is 4. The number of aromatic nitrogens is 1. The lowest BCUT2D eigenvalue weighted by atomic mass is 10.1. The zero-order valence-corrected chi connectivity index (χ0v) is 12.0. The van der Waals surface area contributed by atoms with Crippen LogP contribution in [0, 0.1) is 6.92 Å². The van der Waals surface area contributed by atoms with Gasteiger partial charge in [0.05, 0.1) is 12.7 Å². The molecule has 1 aliphatic rings. The van der Waals surface area contributed by atoms with Crippen LogP contribution in [-0.4, -0.2) is 41.5 Å². The Labute approximate surface area is 118 Å². The summed E-state index contributed by atoms with van der Waals surface area (Å²) in [6.07, 6.45) is 5.66. The monoisotopic (exact) mass is 276 g/mol. The molecule has 1 aliphatic carbocycles. The van der Waals surface area contributed by atoms with Gasteiger partial charge in [0.1, 0.15) is 6.54 Å². The smallest absolute Gasteiger partial charge is 0.325 e. The minimum atomic E-state index is -0.384. The quantitative estimate of drug-likeness (QED) is 0.789. The average Bonchev–Trinajstić information content (AvgIpc) is 2.98. The Bertz CT molecular complexity index is 478. The Morgan fingerprint density at radius 3 is 2.60 bits per heavy atom. The van der Waals surface area contributed by atoms with Gasteiger partial charge < -0.3 is 9.64 Å². The Hall–Kier alpha value is -1.91.